The Morgan fingerprint density at radius 2 is 1.39 bits per heavy atom. The van der Waals surface area contributed by atoms with Crippen LogP contribution in [0.2, 0.25) is 0 Å². The average molecular weight is 981 g/mol. The summed E-state index contributed by atoms with van der Waals surface area (Å²) in [5.74, 6) is -2.76. The van der Waals surface area contributed by atoms with Gasteiger partial charge in [0.15, 0.2) is 43.0 Å². The molecule has 0 bridgehead atoms. The van der Waals surface area contributed by atoms with Gasteiger partial charge in [-0.2, -0.15) is 0 Å². The summed E-state index contributed by atoms with van der Waals surface area (Å²) in [4.78, 5) is 37.6. The minimum atomic E-state index is -1.77. The number of aliphatic hydroxyl groups excluding tert-OH is 6. The number of hydrogen-bond donors (Lipinski definition) is 6. The Labute approximate surface area is 401 Å². The molecule has 5 aliphatic heterocycles. The molecule has 0 radical (unpaired) electrons. The molecule has 25 atom stereocenters. The van der Waals surface area contributed by atoms with Gasteiger partial charge in [0.05, 0.1) is 44.2 Å². The summed E-state index contributed by atoms with van der Waals surface area (Å²) in [6, 6.07) is 0. The first-order valence-corrected chi connectivity index (χ1v) is 24.7. The van der Waals surface area contributed by atoms with E-state index >= 15 is 0 Å². The highest BCUT2D eigenvalue weighted by atomic mass is 16.8. The van der Waals surface area contributed by atoms with Crippen LogP contribution in [0.25, 0.3) is 0 Å². The van der Waals surface area contributed by atoms with E-state index in [2.05, 4.69) is 33.4 Å². The van der Waals surface area contributed by atoms with E-state index in [0.29, 0.717) is 19.4 Å². The lowest BCUT2D eigenvalue weighted by molar-refractivity contribution is -0.382. The number of ether oxygens (including phenoxy) is 11. The number of hydrogen-bond acceptors (Lipinski definition) is 20. The van der Waals surface area contributed by atoms with E-state index in [-0.39, 0.29) is 54.1 Å². The predicted octanol–water partition coefficient (Wildman–Crippen LogP) is 1.07. The van der Waals surface area contributed by atoms with E-state index in [1.807, 2.05) is 0 Å². The molecule has 0 aromatic heterocycles. The van der Waals surface area contributed by atoms with E-state index in [0.717, 1.165) is 57.6 Å². The third kappa shape index (κ3) is 8.93. The van der Waals surface area contributed by atoms with Crippen molar-refractivity contribution >= 4 is 17.9 Å². The van der Waals surface area contributed by atoms with Crippen molar-refractivity contribution in [2.45, 2.75) is 204 Å². The van der Waals surface area contributed by atoms with Gasteiger partial charge in [0.1, 0.15) is 42.7 Å². The minimum absolute atomic E-state index is 0.0591. The van der Waals surface area contributed by atoms with Gasteiger partial charge in [0, 0.05) is 44.9 Å². The Hall–Kier alpha value is -2.67. The van der Waals surface area contributed by atoms with Crippen molar-refractivity contribution < 1.29 is 97.1 Å². The molecule has 0 aromatic carbocycles. The summed E-state index contributed by atoms with van der Waals surface area (Å²) in [5, 5.41) is 66.5. The molecule has 1 spiro atoms. The standard InChI is InChI=1S/C49H72O20/c1-20-13-34(56)49(61-17-20)21(2)36-33(69-49)16-30-28-10-9-26-14-27(53)15-35(48(26,8)29(28)11-12-47(30,36)7)66-45-42(40(32(55)19-60-45)67-44-38(58)37(57)31(54)18-59-44)68-46-43(65-25(6)52)41(64-24(5)51)39(22(3)62-46)63-23(4)50/h9,21-22,27-46,53-58H,1,10-19H2,2-8H3/t21-,22-,27+,28+,29-,30-,31+,32-,33-,34-,35+,36-,37-,38+,39-,40-,41+,42+,43+,44-,45-,46-,47-,48-,49-/m0/s1. The van der Waals surface area contributed by atoms with Gasteiger partial charge in [-0.15, -0.1) is 0 Å². The van der Waals surface area contributed by atoms with Gasteiger partial charge < -0.3 is 82.7 Å². The molecular formula is C49H72O20. The zero-order valence-corrected chi connectivity index (χ0v) is 40.5. The predicted molar refractivity (Wildman–Crippen MR) is 234 cm³/mol. The van der Waals surface area contributed by atoms with Crippen LogP contribution >= 0.6 is 0 Å². The Balaban J connectivity index is 1.03. The summed E-state index contributed by atoms with van der Waals surface area (Å²) in [5.41, 5.74) is 1.14. The zero-order valence-electron chi connectivity index (χ0n) is 40.5. The fourth-order valence-corrected chi connectivity index (χ4v) is 14.5. The van der Waals surface area contributed by atoms with Crippen molar-refractivity contribution in [3.63, 3.8) is 0 Å². The van der Waals surface area contributed by atoms with E-state index in [1.165, 1.54) is 6.92 Å². The molecule has 8 fully saturated rings. The number of carbonyl (C=O) groups excluding carboxylic acids is 3. The van der Waals surface area contributed by atoms with Crippen LogP contribution in [0.1, 0.15) is 93.4 Å². The molecule has 0 aromatic rings. The lowest BCUT2D eigenvalue weighted by Gasteiger charge is -2.60. The average Bonchev–Trinajstić information content (AvgIpc) is 3.73. The van der Waals surface area contributed by atoms with Gasteiger partial charge >= 0.3 is 17.9 Å². The maximum absolute atomic E-state index is 12.7. The summed E-state index contributed by atoms with van der Waals surface area (Å²) >= 11 is 0. The van der Waals surface area contributed by atoms with Crippen LogP contribution < -0.4 is 0 Å². The SMILES string of the molecule is C=C1CO[C@@]2(O[C@H]3C[C@H]4[C@@H]5CC=C6C[C@@H](O)C[C@@H](O[C@@H]7OC[C@H](O)[C@H](O[C@@H]8OC[C@@H](O)[C@H](O)[C@H]8O)[C@H]7O[C@@H]7O[C@@H](C)[C@H](OC(C)=O)[C@@H](OC(C)=O)[C@H]7OC(C)=O)[C@]6(C)[C@H]5CC[C@]4(C)[C@H]3[C@@H]2C)[C@@H](O)C1. The first kappa shape index (κ1) is 51.2. The molecule has 20 nitrogen and oxygen atoms in total. The quantitative estimate of drug-likeness (QED) is 0.107. The number of rotatable bonds is 9. The first-order chi connectivity index (χ1) is 32.6. The highest BCUT2D eigenvalue weighted by molar-refractivity contribution is 5.68. The van der Waals surface area contributed by atoms with Gasteiger partial charge in [0.25, 0.3) is 0 Å². The first-order valence-electron chi connectivity index (χ1n) is 24.7. The molecule has 4 aliphatic carbocycles. The monoisotopic (exact) mass is 980 g/mol. The molecule has 0 amide bonds. The highest BCUT2D eigenvalue weighted by Crippen LogP contribution is 2.71. The number of allylic oxidation sites excluding steroid dienone is 1. The second-order valence-corrected chi connectivity index (χ2v) is 21.7. The Kier molecular flexibility index (Phi) is 14.3. The van der Waals surface area contributed by atoms with E-state index in [1.54, 1.807) is 0 Å². The largest absolute Gasteiger partial charge is 0.456 e. The third-order valence-electron chi connectivity index (χ3n) is 17.6. The molecule has 69 heavy (non-hydrogen) atoms. The smallest absolute Gasteiger partial charge is 0.303 e. The van der Waals surface area contributed by atoms with Crippen molar-refractivity contribution in [2.75, 3.05) is 19.8 Å². The molecule has 0 unspecified atom stereocenters. The number of esters is 3. The van der Waals surface area contributed by atoms with Gasteiger partial charge in [-0.25, -0.2) is 0 Å². The van der Waals surface area contributed by atoms with Crippen molar-refractivity contribution in [1.29, 1.82) is 0 Å². The van der Waals surface area contributed by atoms with Gasteiger partial charge in [-0.1, -0.05) is 39.0 Å². The zero-order chi connectivity index (χ0) is 49.6. The van der Waals surface area contributed by atoms with E-state index in [4.69, 9.17) is 52.1 Å². The van der Waals surface area contributed by atoms with Crippen LogP contribution in [0.5, 0.6) is 0 Å². The van der Waals surface area contributed by atoms with Crippen LogP contribution in [0.4, 0.5) is 0 Å². The van der Waals surface area contributed by atoms with Gasteiger partial charge in [0.2, 0.25) is 0 Å². The lowest BCUT2D eigenvalue weighted by atomic mass is 9.46. The summed E-state index contributed by atoms with van der Waals surface area (Å²) in [6.07, 6.45) is -15.0. The van der Waals surface area contributed by atoms with Gasteiger partial charge in [-0.05, 0) is 73.7 Å². The molecule has 5 heterocycles. The second-order valence-electron chi connectivity index (χ2n) is 21.7. The number of aliphatic hydroxyl groups is 6. The minimum Gasteiger partial charge on any atom is -0.456 e. The summed E-state index contributed by atoms with van der Waals surface area (Å²) < 4.78 is 68.3. The van der Waals surface area contributed by atoms with Crippen LogP contribution in [-0.4, -0.2) is 178 Å². The van der Waals surface area contributed by atoms with Crippen LogP contribution in [0.15, 0.2) is 23.8 Å². The number of fused-ring (bicyclic) bond motifs is 7. The molecule has 388 valence electrons. The van der Waals surface area contributed by atoms with E-state index < -0.39 is 134 Å². The summed E-state index contributed by atoms with van der Waals surface area (Å²) in [7, 11) is 0. The molecule has 20 heteroatoms. The fourth-order valence-electron chi connectivity index (χ4n) is 14.5. The van der Waals surface area contributed by atoms with Crippen LogP contribution in [0, 0.1) is 40.4 Å². The third-order valence-corrected chi connectivity index (χ3v) is 17.6. The molecular weight excluding hydrogens is 909 g/mol. The molecule has 9 aliphatic rings. The molecule has 3 saturated carbocycles. The van der Waals surface area contributed by atoms with Crippen molar-refractivity contribution in [3.05, 3.63) is 23.8 Å². The maximum atomic E-state index is 12.7. The summed E-state index contributed by atoms with van der Waals surface area (Å²) in [6.45, 7) is 15.3. The fraction of sp³-hybridized carbons (Fsp3) is 0.857. The number of carbonyl (C=O) groups is 3. The van der Waals surface area contributed by atoms with Crippen LogP contribution in [0.3, 0.4) is 0 Å². The topological polar surface area (TPSA) is 274 Å². The molecule has 5 saturated heterocycles. The lowest BCUT2D eigenvalue weighted by Crippen LogP contribution is -2.66. The van der Waals surface area contributed by atoms with Crippen LogP contribution in [-0.2, 0) is 66.5 Å². The van der Waals surface area contributed by atoms with Crippen molar-refractivity contribution in [3.8, 4) is 0 Å². The normalized spacial score (nSPS) is 51.6. The Morgan fingerprint density at radius 3 is 2.09 bits per heavy atom. The second kappa shape index (κ2) is 19.3. The molecule has 6 N–H and O–H groups in total. The Bertz CT molecular complexity index is 1980. The van der Waals surface area contributed by atoms with Crippen molar-refractivity contribution in [1.82, 2.24) is 0 Å². The van der Waals surface area contributed by atoms with E-state index in [9.17, 15) is 45.0 Å². The molecule has 9 rings (SSSR count). The van der Waals surface area contributed by atoms with Crippen molar-refractivity contribution in [2.24, 2.45) is 40.4 Å². The highest BCUT2D eigenvalue weighted by Gasteiger charge is 2.71. The van der Waals surface area contributed by atoms with Gasteiger partial charge in [-0.3, -0.25) is 14.4 Å². The maximum Gasteiger partial charge on any atom is 0.303 e. The Morgan fingerprint density at radius 1 is 0.739 bits per heavy atom.